The summed E-state index contributed by atoms with van der Waals surface area (Å²) in [6.07, 6.45) is 0. The first kappa shape index (κ1) is 9.02. The van der Waals surface area contributed by atoms with Gasteiger partial charge in [-0.25, -0.2) is 0 Å². The number of hydrogen-bond donors (Lipinski definition) is 0. The SMILES string of the molecule is CC(=O)Oc1ccc2oc(Cl)nc2c1. The van der Waals surface area contributed by atoms with Crippen LogP contribution in [0.1, 0.15) is 6.92 Å². The zero-order chi connectivity index (χ0) is 10.1. The van der Waals surface area contributed by atoms with Gasteiger partial charge in [-0.15, -0.1) is 0 Å². The molecule has 4 nitrogen and oxygen atoms in total. The number of fused-ring (bicyclic) bond motifs is 1. The van der Waals surface area contributed by atoms with Gasteiger partial charge in [0.05, 0.1) is 0 Å². The van der Waals surface area contributed by atoms with Crippen LogP contribution in [0.5, 0.6) is 5.75 Å². The number of oxazole rings is 1. The number of carbonyl (C=O) groups excluding carboxylic acids is 1. The summed E-state index contributed by atoms with van der Waals surface area (Å²) in [6.45, 7) is 1.33. The largest absolute Gasteiger partial charge is 0.428 e. The second kappa shape index (κ2) is 3.31. The van der Waals surface area contributed by atoms with E-state index in [1.807, 2.05) is 0 Å². The molecule has 0 aliphatic carbocycles. The number of esters is 1. The molecule has 0 amide bonds. The van der Waals surface area contributed by atoms with Crippen LogP contribution < -0.4 is 4.74 Å². The van der Waals surface area contributed by atoms with E-state index in [4.69, 9.17) is 20.8 Å². The molecular formula is C9H6ClNO3. The lowest BCUT2D eigenvalue weighted by Crippen LogP contribution is -2.00. The Balaban J connectivity index is 2.45. The molecule has 72 valence electrons. The summed E-state index contributed by atoms with van der Waals surface area (Å²) >= 11 is 5.56. The third-order valence-electron chi connectivity index (χ3n) is 1.59. The molecule has 0 radical (unpaired) electrons. The number of ether oxygens (including phenoxy) is 1. The van der Waals surface area contributed by atoms with E-state index < -0.39 is 0 Å². The van der Waals surface area contributed by atoms with Crippen LogP contribution in [0.3, 0.4) is 0 Å². The van der Waals surface area contributed by atoms with E-state index in [-0.39, 0.29) is 11.3 Å². The van der Waals surface area contributed by atoms with Crippen LogP contribution in [-0.4, -0.2) is 11.0 Å². The molecule has 2 rings (SSSR count). The molecule has 0 aliphatic rings. The lowest BCUT2D eigenvalue weighted by molar-refractivity contribution is -0.131. The highest BCUT2D eigenvalue weighted by molar-refractivity contribution is 6.28. The van der Waals surface area contributed by atoms with E-state index in [2.05, 4.69) is 4.98 Å². The molecule has 1 aromatic carbocycles. The Morgan fingerprint density at radius 2 is 2.36 bits per heavy atom. The van der Waals surface area contributed by atoms with Crippen LogP contribution in [0.25, 0.3) is 11.1 Å². The summed E-state index contributed by atoms with van der Waals surface area (Å²) in [4.78, 5) is 14.6. The monoisotopic (exact) mass is 211 g/mol. The van der Waals surface area contributed by atoms with Crippen molar-refractivity contribution in [3.8, 4) is 5.75 Å². The minimum atomic E-state index is -0.376. The third kappa shape index (κ3) is 1.70. The fourth-order valence-electron chi connectivity index (χ4n) is 1.11. The molecule has 0 N–H and O–H groups in total. The zero-order valence-corrected chi connectivity index (χ0v) is 8.04. The van der Waals surface area contributed by atoms with Crippen molar-refractivity contribution in [1.29, 1.82) is 0 Å². The van der Waals surface area contributed by atoms with Gasteiger partial charge in [-0.05, 0) is 23.7 Å². The Bertz CT molecular complexity index is 492. The topological polar surface area (TPSA) is 52.3 Å². The van der Waals surface area contributed by atoms with Gasteiger partial charge in [0.15, 0.2) is 5.58 Å². The average Bonchev–Trinajstić information content (AvgIpc) is 2.42. The summed E-state index contributed by atoms with van der Waals surface area (Å²) in [5, 5.41) is 0.0694. The van der Waals surface area contributed by atoms with E-state index in [1.165, 1.54) is 6.92 Å². The Morgan fingerprint density at radius 1 is 1.57 bits per heavy atom. The molecule has 0 spiro atoms. The molecule has 1 aromatic heterocycles. The lowest BCUT2D eigenvalue weighted by Gasteiger charge is -1.98. The van der Waals surface area contributed by atoms with Crippen LogP contribution in [-0.2, 0) is 4.79 Å². The highest BCUT2D eigenvalue weighted by Gasteiger charge is 2.05. The lowest BCUT2D eigenvalue weighted by atomic mass is 10.3. The van der Waals surface area contributed by atoms with Crippen LogP contribution in [0, 0.1) is 0 Å². The fraction of sp³-hybridized carbons (Fsp3) is 0.111. The first-order valence-corrected chi connectivity index (χ1v) is 4.27. The standard InChI is InChI=1S/C9H6ClNO3/c1-5(12)13-6-2-3-8-7(4-6)11-9(10)14-8/h2-4H,1H3. The number of benzene rings is 1. The van der Waals surface area contributed by atoms with E-state index in [0.717, 1.165) is 0 Å². The normalized spacial score (nSPS) is 10.4. The summed E-state index contributed by atoms with van der Waals surface area (Å²) in [6, 6.07) is 4.85. The molecule has 0 fully saturated rings. The molecule has 0 unspecified atom stereocenters. The molecule has 0 atom stereocenters. The molecule has 14 heavy (non-hydrogen) atoms. The minimum Gasteiger partial charge on any atom is -0.428 e. The maximum atomic E-state index is 10.7. The van der Waals surface area contributed by atoms with Crippen LogP contribution in [0.4, 0.5) is 0 Å². The second-order valence-electron chi connectivity index (χ2n) is 2.69. The van der Waals surface area contributed by atoms with Gasteiger partial charge in [0.25, 0.3) is 5.35 Å². The van der Waals surface area contributed by atoms with Gasteiger partial charge in [-0.1, -0.05) is 0 Å². The highest BCUT2D eigenvalue weighted by atomic mass is 35.5. The van der Waals surface area contributed by atoms with Gasteiger partial charge in [-0.2, -0.15) is 4.98 Å². The Morgan fingerprint density at radius 3 is 3.07 bits per heavy atom. The molecule has 1 heterocycles. The molecule has 2 aromatic rings. The fourth-order valence-corrected chi connectivity index (χ4v) is 1.28. The van der Waals surface area contributed by atoms with Crippen molar-refractivity contribution in [3.63, 3.8) is 0 Å². The van der Waals surface area contributed by atoms with Crippen molar-refractivity contribution >= 4 is 28.7 Å². The minimum absolute atomic E-state index is 0.0694. The van der Waals surface area contributed by atoms with E-state index in [9.17, 15) is 4.79 Å². The number of nitrogens with zero attached hydrogens (tertiary/aromatic N) is 1. The second-order valence-corrected chi connectivity index (χ2v) is 3.01. The van der Waals surface area contributed by atoms with Crippen molar-refractivity contribution in [3.05, 3.63) is 23.5 Å². The molecule has 0 saturated heterocycles. The summed E-state index contributed by atoms with van der Waals surface area (Å²) in [7, 11) is 0. The first-order valence-electron chi connectivity index (χ1n) is 3.89. The van der Waals surface area contributed by atoms with Crippen LogP contribution >= 0.6 is 11.6 Å². The highest BCUT2D eigenvalue weighted by Crippen LogP contribution is 2.23. The zero-order valence-electron chi connectivity index (χ0n) is 7.28. The number of rotatable bonds is 1. The maximum Gasteiger partial charge on any atom is 0.308 e. The quantitative estimate of drug-likeness (QED) is 0.537. The summed E-state index contributed by atoms with van der Waals surface area (Å²) < 4.78 is 9.91. The van der Waals surface area contributed by atoms with Crippen molar-refractivity contribution in [2.24, 2.45) is 0 Å². The van der Waals surface area contributed by atoms with Crippen LogP contribution in [0.15, 0.2) is 22.6 Å². The molecule has 0 saturated carbocycles. The van der Waals surface area contributed by atoms with Crippen molar-refractivity contribution in [1.82, 2.24) is 4.98 Å². The Labute approximate surface area is 84.4 Å². The predicted octanol–water partition coefficient (Wildman–Crippen LogP) is 2.41. The Hall–Kier alpha value is -1.55. The smallest absolute Gasteiger partial charge is 0.308 e. The first-order chi connectivity index (χ1) is 6.65. The predicted molar refractivity (Wildman–Crippen MR) is 50.3 cm³/mol. The van der Waals surface area contributed by atoms with Gasteiger partial charge < -0.3 is 9.15 Å². The van der Waals surface area contributed by atoms with Gasteiger partial charge >= 0.3 is 5.97 Å². The number of carbonyl (C=O) groups is 1. The average molecular weight is 212 g/mol. The number of hydrogen-bond acceptors (Lipinski definition) is 4. The van der Waals surface area contributed by atoms with E-state index >= 15 is 0 Å². The maximum absolute atomic E-state index is 10.7. The van der Waals surface area contributed by atoms with E-state index in [0.29, 0.717) is 16.8 Å². The van der Waals surface area contributed by atoms with Gasteiger partial charge in [0.1, 0.15) is 11.3 Å². The van der Waals surface area contributed by atoms with Gasteiger partial charge in [0, 0.05) is 13.0 Å². The molecular weight excluding hydrogens is 206 g/mol. The number of aromatic nitrogens is 1. The van der Waals surface area contributed by atoms with Gasteiger partial charge in [0.2, 0.25) is 0 Å². The summed E-state index contributed by atoms with van der Waals surface area (Å²) in [5.41, 5.74) is 1.12. The van der Waals surface area contributed by atoms with Gasteiger partial charge in [-0.3, -0.25) is 4.79 Å². The van der Waals surface area contributed by atoms with Crippen molar-refractivity contribution in [2.75, 3.05) is 0 Å². The third-order valence-corrected chi connectivity index (χ3v) is 1.76. The molecule has 5 heteroatoms. The summed E-state index contributed by atoms with van der Waals surface area (Å²) in [5.74, 6) is 0.0499. The number of halogens is 1. The Kier molecular flexibility index (Phi) is 2.13. The van der Waals surface area contributed by atoms with Crippen molar-refractivity contribution < 1.29 is 13.9 Å². The van der Waals surface area contributed by atoms with Crippen LogP contribution in [0.2, 0.25) is 5.35 Å². The molecule has 0 aliphatic heterocycles. The molecule has 0 bridgehead atoms. The van der Waals surface area contributed by atoms with E-state index in [1.54, 1.807) is 18.2 Å². The van der Waals surface area contributed by atoms with Crippen molar-refractivity contribution in [2.45, 2.75) is 6.92 Å².